The van der Waals surface area contributed by atoms with Crippen LogP contribution in [0.2, 0.25) is 0 Å². The number of halogens is 2. The number of ether oxygens (including phenoxy) is 2. The van der Waals surface area contributed by atoms with Gasteiger partial charge in [-0.05, 0) is 33.6 Å². The normalized spacial score (nSPS) is 26.5. The van der Waals surface area contributed by atoms with Crippen molar-refractivity contribution in [2.75, 3.05) is 26.7 Å². The number of nitrogens with zero attached hydrogens (tertiary/aromatic N) is 2. The second kappa shape index (κ2) is 7.36. The molecule has 0 spiro atoms. The number of piperidine rings is 2. The minimum atomic E-state index is -3.31. The average Bonchev–Trinajstić information content (AvgIpc) is 2.49. The van der Waals surface area contributed by atoms with Crippen molar-refractivity contribution in [3.05, 3.63) is 0 Å². The molecule has 0 aromatic carbocycles. The third-order valence-corrected chi connectivity index (χ3v) is 4.43. The van der Waals surface area contributed by atoms with Crippen molar-refractivity contribution in [1.29, 1.82) is 0 Å². The van der Waals surface area contributed by atoms with Gasteiger partial charge >= 0.3 is 12.1 Å². The Balaban J connectivity index is 2.05. The van der Waals surface area contributed by atoms with Gasteiger partial charge in [0.2, 0.25) is 0 Å². The van der Waals surface area contributed by atoms with Crippen molar-refractivity contribution in [3.8, 4) is 0 Å². The molecule has 2 atom stereocenters. The van der Waals surface area contributed by atoms with Gasteiger partial charge in [-0.2, -0.15) is 0 Å². The molecule has 2 aliphatic rings. The molecule has 2 aliphatic heterocycles. The van der Waals surface area contributed by atoms with Gasteiger partial charge < -0.3 is 19.3 Å². The molecule has 0 bridgehead atoms. The van der Waals surface area contributed by atoms with E-state index in [9.17, 15) is 23.2 Å². The van der Waals surface area contributed by atoms with Gasteiger partial charge in [-0.15, -0.1) is 0 Å². The summed E-state index contributed by atoms with van der Waals surface area (Å²) in [5.74, 6) is -6.67. The Hall–Kier alpha value is -1.93. The molecule has 2 rings (SSSR count). The smallest absolute Gasteiger partial charge is 0.410 e. The summed E-state index contributed by atoms with van der Waals surface area (Å²) in [6.07, 6.45) is -1.52. The lowest BCUT2D eigenvalue weighted by Gasteiger charge is -2.38. The van der Waals surface area contributed by atoms with Gasteiger partial charge in [-0.3, -0.25) is 9.59 Å². The highest BCUT2D eigenvalue weighted by Crippen LogP contribution is 2.35. The minimum Gasteiger partial charge on any atom is -0.452 e. The van der Waals surface area contributed by atoms with Crippen LogP contribution in [0.5, 0.6) is 0 Å². The van der Waals surface area contributed by atoms with Crippen LogP contribution >= 0.6 is 0 Å². The third kappa shape index (κ3) is 4.82. The van der Waals surface area contributed by atoms with Crippen molar-refractivity contribution >= 4 is 18.0 Å². The first-order valence-electron chi connectivity index (χ1n) is 8.72. The maximum absolute atomic E-state index is 14.2. The standard InChI is InChI=1S/C17H26F2N2O5/c1-16(2,3)26-15(24)21-9-7-17(18,19)11(10-21)14(23)25-12-6-5-8-20(4)13(12)22/h11-12H,5-10H2,1-4H3. The van der Waals surface area contributed by atoms with Gasteiger partial charge in [0.25, 0.3) is 11.8 Å². The quantitative estimate of drug-likeness (QED) is 0.690. The number of likely N-dealkylation sites (N-methyl/N-ethyl adjacent to an activating group) is 1. The molecular formula is C17H26F2N2O5. The van der Waals surface area contributed by atoms with Crippen molar-refractivity contribution in [2.24, 2.45) is 5.92 Å². The van der Waals surface area contributed by atoms with Gasteiger partial charge in [-0.1, -0.05) is 0 Å². The van der Waals surface area contributed by atoms with Crippen LogP contribution in [0.25, 0.3) is 0 Å². The molecule has 2 fully saturated rings. The topological polar surface area (TPSA) is 76.2 Å². The zero-order valence-corrected chi connectivity index (χ0v) is 15.6. The lowest BCUT2D eigenvalue weighted by Crippen LogP contribution is -2.54. The first-order chi connectivity index (χ1) is 11.9. The van der Waals surface area contributed by atoms with Crippen LogP contribution in [-0.2, 0) is 19.1 Å². The number of hydrogen-bond acceptors (Lipinski definition) is 5. The van der Waals surface area contributed by atoms with Crippen molar-refractivity contribution in [2.45, 2.75) is 57.7 Å². The zero-order chi connectivity index (χ0) is 19.7. The zero-order valence-electron chi connectivity index (χ0n) is 15.6. The van der Waals surface area contributed by atoms with E-state index in [1.165, 1.54) is 4.90 Å². The highest BCUT2D eigenvalue weighted by atomic mass is 19.3. The monoisotopic (exact) mass is 376 g/mol. The van der Waals surface area contributed by atoms with Crippen LogP contribution in [0.1, 0.15) is 40.0 Å². The van der Waals surface area contributed by atoms with E-state index >= 15 is 0 Å². The first kappa shape index (κ1) is 20.4. The third-order valence-electron chi connectivity index (χ3n) is 4.43. The molecule has 7 nitrogen and oxygen atoms in total. The van der Waals surface area contributed by atoms with Crippen LogP contribution in [0.15, 0.2) is 0 Å². The number of amides is 2. The Morgan fingerprint density at radius 1 is 1.23 bits per heavy atom. The van der Waals surface area contributed by atoms with E-state index in [0.29, 0.717) is 19.4 Å². The summed E-state index contributed by atoms with van der Waals surface area (Å²) in [5, 5.41) is 0. The molecule has 0 aliphatic carbocycles. The molecule has 0 aromatic rings. The molecule has 0 aromatic heterocycles. The Morgan fingerprint density at radius 2 is 1.88 bits per heavy atom. The summed E-state index contributed by atoms with van der Waals surface area (Å²) in [6.45, 7) is 4.83. The minimum absolute atomic E-state index is 0.212. The number of carbonyl (C=O) groups excluding carboxylic acids is 3. The Bertz CT molecular complexity index is 576. The second-order valence-electron chi connectivity index (χ2n) is 7.82. The highest BCUT2D eigenvalue weighted by Gasteiger charge is 2.51. The number of esters is 1. The van der Waals surface area contributed by atoms with Gasteiger partial charge in [-0.25, -0.2) is 13.6 Å². The number of alkyl halides is 2. The summed E-state index contributed by atoms with van der Waals surface area (Å²) < 4.78 is 38.8. The van der Waals surface area contributed by atoms with Crippen LogP contribution in [0.3, 0.4) is 0 Å². The summed E-state index contributed by atoms with van der Waals surface area (Å²) >= 11 is 0. The van der Waals surface area contributed by atoms with E-state index in [-0.39, 0.29) is 6.54 Å². The van der Waals surface area contributed by atoms with Gasteiger partial charge in [0.1, 0.15) is 11.5 Å². The van der Waals surface area contributed by atoms with Crippen molar-refractivity contribution < 1.29 is 32.6 Å². The number of hydrogen-bond donors (Lipinski definition) is 0. The first-order valence-corrected chi connectivity index (χ1v) is 8.72. The predicted molar refractivity (Wildman–Crippen MR) is 87.6 cm³/mol. The SMILES string of the molecule is CN1CCCC(OC(=O)C2CN(C(=O)OC(C)(C)C)CCC2(F)F)C1=O. The van der Waals surface area contributed by atoms with E-state index in [0.717, 1.165) is 4.90 Å². The molecule has 26 heavy (non-hydrogen) atoms. The molecule has 0 radical (unpaired) electrons. The molecule has 0 saturated carbocycles. The molecule has 2 unspecified atom stereocenters. The molecular weight excluding hydrogens is 350 g/mol. The second-order valence-corrected chi connectivity index (χ2v) is 7.82. The summed E-state index contributed by atoms with van der Waals surface area (Å²) in [7, 11) is 1.57. The van der Waals surface area contributed by atoms with E-state index in [1.807, 2.05) is 0 Å². The summed E-state index contributed by atoms with van der Waals surface area (Å²) in [5.41, 5.74) is -0.772. The van der Waals surface area contributed by atoms with Gasteiger partial charge in [0.15, 0.2) is 6.10 Å². The fourth-order valence-electron chi connectivity index (χ4n) is 2.97. The van der Waals surface area contributed by atoms with Crippen LogP contribution in [0, 0.1) is 5.92 Å². The summed E-state index contributed by atoms with van der Waals surface area (Å²) in [4.78, 5) is 39.0. The Kier molecular flexibility index (Phi) is 5.77. The number of rotatable bonds is 2. The lowest BCUT2D eigenvalue weighted by molar-refractivity contribution is -0.182. The average molecular weight is 376 g/mol. The lowest BCUT2D eigenvalue weighted by atomic mass is 9.93. The fourth-order valence-corrected chi connectivity index (χ4v) is 2.97. The van der Waals surface area contributed by atoms with E-state index in [2.05, 4.69) is 0 Å². The van der Waals surface area contributed by atoms with Crippen molar-refractivity contribution in [3.63, 3.8) is 0 Å². The Labute approximate surface area is 151 Å². The largest absolute Gasteiger partial charge is 0.452 e. The number of carbonyl (C=O) groups is 3. The molecule has 2 heterocycles. The predicted octanol–water partition coefficient (Wildman–Crippen LogP) is 2.04. The highest BCUT2D eigenvalue weighted by molar-refractivity contribution is 5.85. The maximum atomic E-state index is 14.2. The van der Waals surface area contributed by atoms with E-state index in [4.69, 9.17) is 9.47 Å². The van der Waals surface area contributed by atoms with Gasteiger partial charge in [0.05, 0.1) is 0 Å². The Morgan fingerprint density at radius 3 is 2.50 bits per heavy atom. The van der Waals surface area contributed by atoms with Crippen LogP contribution < -0.4 is 0 Å². The van der Waals surface area contributed by atoms with Crippen molar-refractivity contribution in [1.82, 2.24) is 9.80 Å². The molecule has 2 amide bonds. The van der Waals surface area contributed by atoms with Crippen LogP contribution in [-0.4, -0.2) is 72.1 Å². The molecule has 9 heteroatoms. The number of likely N-dealkylation sites (tertiary alicyclic amines) is 2. The fraction of sp³-hybridized carbons (Fsp3) is 0.824. The van der Waals surface area contributed by atoms with Crippen LogP contribution in [0.4, 0.5) is 13.6 Å². The maximum Gasteiger partial charge on any atom is 0.410 e. The van der Waals surface area contributed by atoms with Gasteiger partial charge in [0, 0.05) is 33.1 Å². The van der Waals surface area contributed by atoms with E-state index in [1.54, 1.807) is 27.8 Å². The van der Waals surface area contributed by atoms with E-state index < -0.39 is 54.5 Å². The summed E-state index contributed by atoms with van der Waals surface area (Å²) in [6, 6.07) is 0. The molecule has 148 valence electrons. The molecule has 2 saturated heterocycles. The molecule has 0 N–H and O–H groups in total.